The van der Waals surface area contributed by atoms with Gasteiger partial charge in [0.2, 0.25) is 0 Å². The lowest BCUT2D eigenvalue weighted by Gasteiger charge is -2.07. The molecule has 0 aliphatic carbocycles. The first-order valence-corrected chi connectivity index (χ1v) is 8.21. The van der Waals surface area contributed by atoms with Crippen molar-refractivity contribution in [1.82, 2.24) is 9.55 Å². The van der Waals surface area contributed by atoms with Crippen LogP contribution in [0.1, 0.15) is 18.2 Å². The zero-order valence-electron chi connectivity index (χ0n) is 12.0. The Balaban J connectivity index is 2.06. The fourth-order valence-corrected chi connectivity index (χ4v) is 2.85. The van der Waals surface area contributed by atoms with Crippen LogP contribution in [-0.4, -0.2) is 33.6 Å². The van der Waals surface area contributed by atoms with Crippen LogP contribution >= 0.6 is 23.4 Å². The molecule has 114 valence electrons. The largest absolute Gasteiger partial charge is 0.390 e. The Morgan fingerprint density at radius 1 is 1.33 bits per heavy atom. The van der Waals surface area contributed by atoms with E-state index in [9.17, 15) is 5.11 Å². The summed E-state index contributed by atoms with van der Waals surface area (Å²) >= 11 is 7.54. The topological polar surface area (TPSA) is 47.3 Å². The zero-order chi connectivity index (χ0) is 15.1. The van der Waals surface area contributed by atoms with Gasteiger partial charge in [-0.15, -0.1) is 0 Å². The van der Waals surface area contributed by atoms with E-state index in [1.807, 2.05) is 42.0 Å². The maximum atomic E-state index is 9.26. The summed E-state index contributed by atoms with van der Waals surface area (Å²) in [5.41, 5.74) is 1.83. The summed E-state index contributed by atoms with van der Waals surface area (Å²) in [4.78, 5) is 4.43. The van der Waals surface area contributed by atoms with Gasteiger partial charge in [0.15, 0.2) is 5.16 Å². The average molecular weight is 327 g/mol. The van der Waals surface area contributed by atoms with Crippen LogP contribution in [0.4, 0.5) is 0 Å². The fourth-order valence-electron chi connectivity index (χ4n) is 1.88. The molecule has 0 fully saturated rings. The fraction of sp³-hybridized carbons (Fsp3) is 0.400. The molecule has 6 heteroatoms. The van der Waals surface area contributed by atoms with Crippen LogP contribution in [0.25, 0.3) is 0 Å². The van der Waals surface area contributed by atoms with Crippen molar-refractivity contribution in [2.45, 2.75) is 25.2 Å². The van der Waals surface area contributed by atoms with Crippen molar-refractivity contribution in [2.24, 2.45) is 0 Å². The van der Waals surface area contributed by atoms with Gasteiger partial charge in [-0.1, -0.05) is 35.5 Å². The molecular formula is C15H19ClN2O2S. The van der Waals surface area contributed by atoms with Crippen LogP contribution in [-0.2, 0) is 17.9 Å². The number of imidazole rings is 1. The van der Waals surface area contributed by atoms with Crippen LogP contribution < -0.4 is 0 Å². The maximum absolute atomic E-state index is 9.26. The van der Waals surface area contributed by atoms with E-state index >= 15 is 0 Å². The summed E-state index contributed by atoms with van der Waals surface area (Å²) in [5.74, 6) is 0.844. The number of ether oxygens (including phenoxy) is 1. The second-order valence-electron chi connectivity index (χ2n) is 4.47. The molecule has 1 heterocycles. The average Bonchev–Trinajstić information content (AvgIpc) is 2.88. The van der Waals surface area contributed by atoms with E-state index < -0.39 is 0 Å². The minimum absolute atomic E-state index is 0.0490. The third kappa shape index (κ3) is 5.04. The number of thioether (sulfide) groups is 1. The SMILES string of the molecule is CCOCCSc1nc(CO)cn1Cc1ccc(Cl)cc1. The van der Waals surface area contributed by atoms with Crippen molar-refractivity contribution >= 4 is 23.4 Å². The van der Waals surface area contributed by atoms with E-state index in [1.54, 1.807) is 11.8 Å². The molecule has 0 bridgehead atoms. The minimum atomic E-state index is -0.0490. The number of benzene rings is 1. The Bertz CT molecular complexity index is 557. The number of aliphatic hydroxyl groups excluding tert-OH is 1. The van der Waals surface area contributed by atoms with Crippen molar-refractivity contribution in [3.8, 4) is 0 Å². The Morgan fingerprint density at radius 2 is 2.10 bits per heavy atom. The molecule has 0 aliphatic rings. The maximum Gasteiger partial charge on any atom is 0.168 e. The molecule has 0 aliphatic heterocycles. The Kier molecular flexibility index (Phi) is 6.57. The summed E-state index contributed by atoms with van der Waals surface area (Å²) in [6.07, 6.45) is 1.89. The first-order valence-electron chi connectivity index (χ1n) is 6.84. The van der Waals surface area contributed by atoms with Crippen molar-refractivity contribution in [3.05, 3.63) is 46.7 Å². The van der Waals surface area contributed by atoms with Crippen LogP contribution in [0.15, 0.2) is 35.6 Å². The van der Waals surface area contributed by atoms with Gasteiger partial charge in [-0.25, -0.2) is 4.98 Å². The van der Waals surface area contributed by atoms with E-state index in [0.29, 0.717) is 18.8 Å². The Morgan fingerprint density at radius 3 is 2.76 bits per heavy atom. The molecule has 0 radical (unpaired) electrons. The molecule has 4 nitrogen and oxygen atoms in total. The molecule has 0 amide bonds. The minimum Gasteiger partial charge on any atom is -0.390 e. The molecule has 0 unspecified atom stereocenters. The first-order chi connectivity index (χ1) is 10.2. The second kappa shape index (κ2) is 8.44. The van der Waals surface area contributed by atoms with Crippen LogP contribution in [0.2, 0.25) is 5.02 Å². The predicted octanol–water partition coefficient (Wildman–Crippen LogP) is 3.21. The van der Waals surface area contributed by atoms with Crippen molar-refractivity contribution < 1.29 is 9.84 Å². The van der Waals surface area contributed by atoms with E-state index in [-0.39, 0.29) is 6.61 Å². The number of nitrogens with zero attached hydrogens (tertiary/aromatic N) is 2. The summed E-state index contributed by atoms with van der Waals surface area (Å²) in [5, 5.41) is 10.9. The number of hydrogen-bond acceptors (Lipinski definition) is 4. The molecule has 21 heavy (non-hydrogen) atoms. The monoisotopic (exact) mass is 326 g/mol. The van der Waals surface area contributed by atoms with Gasteiger partial charge in [-0.3, -0.25) is 0 Å². The molecule has 0 spiro atoms. The number of halogens is 1. The van der Waals surface area contributed by atoms with E-state index in [4.69, 9.17) is 16.3 Å². The number of hydrogen-bond donors (Lipinski definition) is 1. The molecule has 0 saturated carbocycles. The summed E-state index contributed by atoms with van der Waals surface area (Å²) in [7, 11) is 0. The smallest absolute Gasteiger partial charge is 0.168 e. The Labute approximate surface area is 134 Å². The summed E-state index contributed by atoms with van der Waals surface area (Å²) in [6, 6.07) is 7.75. The third-order valence-corrected chi connectivity index (χ3v) is 4.09. The highest BCUT2D eigenvalue weighted by Crippen LogP contribution is 2.20. The summed E-state index contributed by atoms with van der Waals surface area (Å²) < 4.78 is 7.38. The molecule has 0 atom stereocenters. The normalized spacial score (nSPS) is 11.0. The van der Waals surface area contributed by atoms with Crippen LogP contribution in [0.5, 0.6) is 0 Å². The standard InChI is InChI=1S/C15H19ClN2O2S/c1-2-20-7-8-21-15-17-14(11-19)10-18(15)9-12-3-5-13(16)6-4-12/h3-6,10,19H,2,7-9,11H2,1H3. The van der Waals surface area contributed by atoms with E-state index in [2.05, 4.69) is 4.98 Å². The van der Waals surface area contributed by atoms with Gasteiger partial charge in [0.1, 0.15) is 0 Å². The number of aromatic nitrogens is 2. The molecule has 1 aromatic heterocycles. The van der Waals surface area contributed by atoms with Crippen LogP contribution in [0.3, 0.4) is 0 Å². The molecule has 2 aromatic rings. The lowest BCUT2D eigenvalue weighted by Crippen LogP contribution is -2.02. The molecular weight excluding hydrogens is 308 g/mol. The van der Waals surface area contributed by atoms with Gasteiger partial charge in [-0.2, -0.15) is 0 Å². The number of aliphatic hydroxyl groups is 1. The second-order valence-corrected chi connectivity index (χ2v) is 5.97. The van der Waals surface area contributed by atoms with Gasteiger partial charge in [-0.05, 0) is 24.6 Å². The Hall–Kier alpha value is -1.01. The van der Waals surface area contributed by atoms with Gasteiger partial charge in [0.25, 0.3) is 0 Å². The van der Waals surface area contributed by atoms with Crippen molar-refractivity contribution in [1.29, 1.82) is 0 Å². The highest BCUT2D eigenvalue weighted by atomic mass is 35.5. The van der Waals surface area contributed by atoms with Crippen LogP contribution in [0, 0.1) is 0 Å². The van der Waals surface area contributed by atoms with Gasteiger partial charge < -0.3 is 14.4 Å². The zero-order valence-corrected chi connectivity index (χ0v) is 13.5. The van der Waals surface area contributed by atoms with Gasteiger partial charge in [0, 0.05) is 30.1 Å². The third-order valence-electron chi connectivity index (χ3n) is 2.88. The van der Waals surface area contributed by atoms with Crippen molar-refractivity contribution in [2.75, 3.05) is 19.0 Å². The van der Waals surface area contributed by atoms with E-state index in [1.165, 1.54) is 0 Å². The van der Waals surface area contributed by atoms with Gasteiger partial charge >= 0.3 is 0 Å². The molecule has 1 aromatic carbocycles. The molecule has 0 saturated heterocycles. The van der Waals surface area contributed by atoms with Crippen molar-refractivity contribution in [3.63, 3.8) is 0 Å². The molecule has 1 N–H and O–H groups in total. The lowest BCUT2D eigenvalue weighted by molar-refractivity contribution is 0.164. The quantitative estimate of drug-likeness (QED) is 0.598. The number of rotatable bonds is 8. The first kappa shape index (κ1) is 16.4. The van der Waals surface area contributed by atoms with E-state index in [0.717, 1.165) is 28.1 Å². The highest BCUT2D eigenvalue weighted by Gasteiger charge is 2.08. The lowest BCUT2D eigenvalue weighted by atomic mass is 10.2. The highest BCUT2D eigenvalue weighted by molar-refractivity contribution is 7.99. The summed E-state index contributed by atoms with van der Waals surface area (Å²) in [6.45, 7) is 4.06. The van der Waals surface area contributed by atoms with Gasteiger partial charge in [0.05, 0.1) is 18.9 Å². The molecule has 2 rings (SSSR count). The predicted molar refractivity (Wildman–Crippen MR) is 85.9 cm³/mol.